The summed E-state index contributed by atoms with van der Waals surface area (Å²) in [4.78, 5) is 16.1. The van der Waals surface area contributed by atoms with Gasteiger partial charge >= 0.3 is 6.18 Å². The van der Waals surface area contributed by atoms with Crippen molar-refractivity contribution in [2.75, 3.05) is 19.8 Å². The second kappa shape index (κ2) is 8.92. The minimum Gasteiger partial charge on any atom is -0.381 e. The van der Waals surface area contributed by atoms with Crippen LogP contribution in [0.15, 0.2) is 42.6 Å². The standard InChI is InChI=1S/C20H20ClF3N2O2/c21-17-4-2-1-3-15(17)19(27)26-12-16(13-7-9-28-10-8-13)14-5-6-18(25-11-14)20(22,23)24/h1-6,11,13,16H,7-10,12H2,(H,26,27). The van der Waals surface area contributed by atoms with Gasteiger partial charge in [0.15, 0.2) is 0 Å². The summed E-state index contributed by atoms with van der Waals surface area (Å²) in [6, 6.07) is 9.14. The Hall–Kier alpha value is -2.12. The maximum Gasteiger partial charge on any atom is 0.433 e. The minimum absolute atomic E-state index is 0.162. The molecular formula is C20H20ClF3N2O2. The Morgan fingerprint density at radius 1 is 1.21 bits per heavy atom. The number of ether oxygens (including phenoxy) is 1. The molecule has 1 aliphatic rings. The smallest absolute Gasteiger partial charge is 0.381 e. The van der Waals surface area contributed by atoms with Crippen LogP contribution in [0.2, 0.25) is 5.02 Å². The summed E-state index contributed by atoms with van der Waals surface area (Å²) in [7, 11) is 0. The highest BCUT2D eigenvalue weighted by atomic mass is 35.5. The third kappa shape index (κ3) is 5.02. The molecule has 0 saturated carbocycles. The summed E-state index contributed by atoms with van der Waals surface area (Å²) in [6.45, 7) is 1.46. The van der Waals surface area contributed by atoms with E-state index in [4.69, 9.17) is 16.3 Å². The largest absolute Gasteiger partial charge is 0.433 e. The molecular weight excluding hydrogens is 393 g/mol. The number of rotatable bonds is 5. The molecule has 28 heavy (non-hydrogen) atoms. The van der Waals surface area contributed by atoms with Crippen LogP contribution >= 0.6 is 11.6 Å². The van der Waals surface area contributed by atoms with Gasteiger partial charge in [0, 0.05) is 31.9 Å². The van der Waals surface area contributed by atoms with Crippen molar-refractivity contribution in [3.8, 4) is 0 Å². The molecule has 150 valence electrons. The molecule has 1 aromatic heterocycles. The van der Waals surface area contributed by atoms with Crippen LogP contribution < -0.4 is 5.32 Å². The molecule has 8 heteroatoms. The van der Waals surface area contributed by atoms with Gasteiger partial charge in [0.25, 0.3) is 5.91 Å². The molecule has 1 aromatic carbocycles. The fourth-order valence-corrected chi connectivity index (χ4v) is 3.63. The van der Waals surface area contributed by atoms with Crippen LogP contribution in [0.1, 0.15) is 40.4 Å². The Balaban J connectivity index is 1.77. The van der Waals surface area contributed by atoms with E-state index in [9.17, 15) is 18.0 Å². The predicted molar refractivity (Wildman–Crippen MR) is 99.3 cm³/mol. The maximum atomic E-state index is 12.8. The van der Waals surface area contributed by atoms with Gasteiger partial charge in [-0.05, 0) is 42.5 Å². The maximum absolute atomic E-state index is 12.8. The molecule has 3 rings (SSSR count). The predicted octanol–water partition coefficient (Wildman–Crippen LogP) is 4.69. The van der Waals surface area contributed by atoms with Crippen LogP contribution in [0.4, 0.5) is 13.2 Å². The second-order valence-corrected chi connectivity index (χ2v) is 7.13. The van der Waals surface area contributed by atoms with Crippen molar-refractivity contribution in [1.82, 2.24) is 10.3 Å². The van der Waals surface area contributed by atoms with E-state index in [2.05, 4.69) is 10.3 Å². The summed E-state index contributed by atoms with van der Waals surface area (Å²) in [5.41, 5.74) is 0.0990. The average molecular weight is 413 g/mol. The van der Waals surface area contributed by atoms with Gasteiger partial charge < -0.3 is 10.1 Å². The number of nitrogens with one attached hydrogen (secondary N) is 1. The zero-order valence-corrected chi connectivity index (χ0v) is 15.8. The molecule has 2 aromatic rings. The van der Waals surface area contributed by atoms with Crippen LogP contribution in [0.3, 0.4) is 0 Å². The molecule has 0 radical (unpaired) electrons. The monoisotopic (exact) mass is 412 g/mol. The summed E-state index contributed by atoms with van der Waals surface area (Å²) in [5.74, 6) is -0.300. The van der Waals surface area contributed by atoms with Crippen LogP contribution in [-0.4, -0.2) is 30.6 Å². The summed E-state index contributed by atoms with van der Waals surface area (Å²) in [6.07, 6.45) is -1.68. The van der Waals surface area contributed by atoms with Gasteiger partial charge in [-0.3, -0.25) is 9.78 Å². The van der Waals surface area contributed by atoms with Crippen molar-refractivity contribution in [2.45, 2.75) is 24.9 Å². The normalized spacial score (nSPS) is 16.6. The molecule has 1 saturated heterocycles. The van der Waals surface area contributed by atoms with Crippen molar-refractivity contribution in [2.24, 2.45) is 5.92 Å². The Morgan fingerprint density at radius 2 is 1.93 bits per heavy atom. The van der Waals surface area contributed by atoms with Crippen molar-refractivity contribution in [3.63, 3.8) is 0 Å². The van der Waals surface area contributed by atoms with E-state index in [1.807, 2.05) is 0 Å². The fraction of sp³-hybridized carbons (Fsp3) is 0.400. The van der Waals surface area contributed by atoms with Crippen LogP contribution in [0.5, 0.6) is 0 Å². The lowest BCUT2D eigenvalue weighted by molar-refractivity contribution is -0.141. The Labute approximate surface area is 166 Å². The van der Waals surface area contributed by atoms with E-state index in [-0.39, 0.29) is 24.3 Å². The Kier molecular flexibility index (Phi) is 6.57. The molecule has 0 bridgehead atoms. The molecule has 1 N–H and O–H groups in total. The molecule has 4 nitrogen and oxygen atoms in total. The molecule has 1 atom stereocenters. The molecule has 2 heterocycles. The zero-order chi connectivity index (χ0) is 20.1. The Morgan fingerprint density at radius 3 is 2.54 bits per heavy atom. The lowest BCUT2D eigenvalue weighted by Gasteiger charge is -2.31. The lowest BCUT2D eigenvalue weighted by Crippen LogP contribution is -2.34. The van der Waals surface area contributed by atoms with E-state index in [1.165, 1.54) is 12.3 Å². The molecule has 0 aliphatic carbocycles. The van der Waals surface area contributed by atoms with Crippen LogP contribution in [0, 0.1) is 5.92 Å². The first-order chi connectivity index (χ1) is 13.4. The number of carbonyl (C=O) groups excluding carboxylic acids is 1. The van der Waals surface area contributed by atoms with Crippen LogP contribution in [0.25, 0.3) is 0 Å². The second-order valence-electron chi connectivity index (χ2n) is 6.72. The average Bonchev–Trinajstić information content (AvgIpc) is 2.69. The first-order valence-electron chi connectivity index (χ1n) is 9.00. The van der Waals surface area contributed by atoms with Crippen molar-refractivity contribution < 1.29 is 22.7 Å². The zero-order valence-electron chi connectivity index (χ0n) is 15.0. The number of pyridine rings is 1. The third-order valence-electron chi connectivity index (χ3n) is 4.94. The number of hydrogen-bond acceptors (Lipinski definition) is 3. The number of halogens is 4. The van der Waals surface area contributed by atoms with Gasteiger partial charge in [-0.15, -0.1) is 0 Å². The van der Waals surface area contributed by atoms with Crippen molar-refractivity contribution in [1.29, 1.82) is 0 Å². The van der Waals surface area contributed by atoms with Gasteiger partial charge in [0.1, 0.15) is 5.69 Å². The van der Waals surface area contributed by atoms with Crippen molar-refractivity contribution in [3.05, 3.63) is 64.4 Å². The summed E-state index contributed by atoms with van der Waals surface area (Å²) >= 11 is 6.07. The van der Waals surface area contributed by atoms with E-state index < -0.39 is 11.9 Å². The number of amides is 1. The lowest BCUT2D eigenvalue weighted by atomic mass is 9.81. The van der Waals surface area contributed by atoms with E-state index >= 15 is 0 Å². The number of carbonyl (C=O) groups is 1. The molecule has 1 fully saturated rings. The molecule has 1 aliphatic heterocycles. The van der Waals surface area contributed by atoms with Gasteiger partial charge in [-0.1, -0.05) is 29.8 Å². The minimum atomic E-state index is -4.48. The van der Waals surface area contributed by atoms with Gasteiger partial charge in [0.05, 0.1) is 10.6 Å². The van der Waals surface area contributed by atoms with Gasteiger partial charge in [0.2, 0.25) is 0 Å². The number of alkyl halides is 3. The van der Waals surface area contributed by atoms with Crippen molar-refractivity contribution >= 4 is 17.5 Å². The SMILES string of the molecule is O=C(NCC(c1ccc(C(F)(F)F)nc1)C1CCOCC1)c1ccccc1Cl. The van der Waals surface area contributed by atoms with Gasteiger partial charge in [-0.25, -0.2) is 0 Å². The first-order valence-corrected chi connectivity index (χ1v) is 9.37. The third-order valence-corrected chi connectivity index (χ3v) is 5.27. The summed E-state index contributed by atoms with van der Waals surface area (Å²) in [5, 5.41) is 3.21. The highest BCUT2D eigenvalue weighted by Gasteiger charge is 2.33. The van der Waals surface area contributed by atoms with Crippen LogP contribution in [-0.2, 0) is 10.9 Å². The fourth-order valence-electron chi connectivity index (χ4n) is 3.41. The highest BCUT2D eigenvalue weighted by Crippen LogP contribution is 2.33. The molecule has 1 unspecified atom stereocenters. The quantitative estimate of drug-likeness (QED) is 0.774. The van der Waals surface area contributed by atoms with E-state index in [0.717, 1.165) is 18.9 Å². The molecule has 0 spiro atoms. The first kappa shape index (κ1) is 20.6. The summed E-state index contributed by atoms with van der Waals surface area (Å²) < 4.78 is 43.8. The Bertz CT molecular complexity index is 806. The van der Waals surface area contributed by atoms with E-state index in [0.29, 0.717) is 29.4 Å². The van der Waals surface area contributed by atoms with E-state index in [1.54, 1.807) is 24.3 Å². The number of benzene rings is 1. The molecule has 1 amide bonds. The topological polar surface area (TPSA) is 51.2 Å². The number of aromatic nitrogens is 1. The highest BCUT2D eigenvalue weighted by molar-refractivity contribution is 6.33. The number of hydrogen-bond donors (Lipinski definition) is 1. The van der Waals surface area contributed by atoms with Gasteiger partial charge in [-0.2, -0.15) is 13.2 Å². The number of nitrogens with zero attached hydrogens (tertiary/aromatic N) is 1.